The summed E-state index contributed by atoms with van der Waals surface area (Å²) in [6.07, 6.45) is 3.04. The normalized spacial score (nSPS) is 29.9. The van der Waals surface area contributed by atoms with E-state index in [0.29, 0.717) is 11.8 Å². The minimum absolute atomic E-state index is 0.0458. The Morgan fingerprint density at radius 3 is 2.45 bits per heavy atom. The first-order valence-electron chi connectivity index (χ1n) is 7.31. The average molecular weight is 300 g/mol. The van der Waals surface area contributed by atoms with E-state index in [0.717, 1.165) is 25.1 Å². The van der Waals surface area contributed by atoms with Crippen LogP contribution in [0.4, 0.5) is 0 Å². The highest BCUT2D eigenvalue weighted by molar-refractivity contribution is 6.14. The molecule has 0 aromatic carbocycles. The summed E-state index contributed by atoms with van der Waals surface area (Å²) in [5.74, 6) is 2.03. The Kier molecular flexibility index (Phi) is 3.93. The lowest BCUT2D eigenvalue weighted by atomic mass is 9.71. The van der Waals surface area contributed by atoms with Crippen LogP contribution < -0.4 is 4.84 Å². The van der Waals surface area contributed by atoms with Crippen LogP contribution in [0.3, 0.4) is 0 Å². The van der Waals surface area contributed by atoms with Crippen LogP contribution in [0.5, 0.6) is 0 Å². The van der Waals surface area contributed by atoms with Crippen molar-refractivity contribution >= 4 is 11.8 Å². The quantitative estimate of drug-likeness (QED) is 0.861. The largest absolute Gasteiger partial charge is 0.339 e. The molecule has 0 spiro atoms. The van der Waals surface area contributed by atoms with Gasteiger partial charge in [-0.05, 0) is 42.9 Å². The third-order valence-corrected chi connectivity index (χ3v) is 5.60. The Labute approximate surface area is 126 Å². The van der Waals surface area contributed by atoms with Gasteiger partial charge in [0.2, 0.25) is 5.89 Å². The van der Waals surface area contributed by atoms with Crippen LogP contribution in [0.25, 0.3) is 0 Å². The summed E-state index contributed by atoms with van der Waals surface area (Å²) in [6.45, 7) is 13.0. The van der Waals surface area contributed by atoms with Gasteiger partial charge in [-0.2, -0.15) is 4.98 Å². The van der Waals surface area contributed by atoms with E-state index in [9.17, 15) is 0 Å². The molecule has 0 saturated heterocycles. The van der Waals surface area contributed by atoms with Crippen molar-refractivity contribution in [3.8, 4) is 0 Å². The average Bonchev–Trinajstić information content (AvgIpc) is 2.88. The Morgan fingerprint density at radius 2 is 2.00 bits per heavy atom. The van der Waals surface area contributed by atoms with Crippen LogP contribution in [-0.4, -0.2) is 15.7 Å². The minimum atomic E-state index is -0.0946. The monoisotopic (exact) mass is 299 g/mol. The van der Waals surface area contributed by atoms with Gasteiger partial charge in [0.25, 0.3) is 0 Å². The molecule has 0 bridgehead atoms. The minimum Gasteiger partial charge on any atom is -0.339 e. The van der Waals surface area contributed by atoms with Crippen LogP contribution in [0.2, 0.25) is 0 Å². The molecule has 1 N–H and O–H groups in total. The number of rotatable bonds is 3. The van der Waals surface area contributed by atoms with E-state index >= 15 is 0 Å². The van der Waals surface area contributed by atoms with Gasteiger partial charge >= 0.3 is 0 Å². The summed E-state index contributed by atoms with van der Waals surface area (Å²) >= 11 is 5.97. The molecule has 20 heavy (non-hydrogen) atoms. The number of hydrogen-bond acceptors (Lipinski definition) is 4. The first-order valence-corrected chi connectivity index (χ1v) is 7.69. The third kappa shape index (κ3) is 2.60. The van der Waals surface area contributed by atoms with Gasteiger partial charge in [0.1, 0.15) is 0 Å². The summed E-state index contributed by atoms with van der Waals surface area (Å²) in [4.78, 5) is 7.54. The third-order valence-electron chi connectivity index (χ3n) is 5.18. The Morgan fingerprint density at radius 1 is 1.35 bits per heavy atom. The molecule has 2 atom stereocenters. The van der Waals surface area contributed by atoms with Gasteiger partial charge in [0.05, 0.1) is 0 Å². The van der Waals surface area contributed by atoms with Crippen molar-refractivity contribution < 1.29 is 4.52 Å². The Balaban J connectivity index is 2.14. The fraction of sp³-hybridized carbons (Fsp3) is 0.867. The van der Waals surface area contributed by atoms with Gasteiger partial charge in [0.15, 0.2) is 5.82 Å². The maximum Gasteiger partial charge on any atom is 0.232 e. The Bertz CT molecular complexity index is 478. The lowest BCUT2D eigenvalue weighted by Crippen LogP contribution is -2.48. The first kappa shape index (κ1) is 15.8. The summed E-state index contributed by atoms with van der Waals surface area (Å²) < 4.78 is 5.38. The molecular weight excluding hydrogens is 274 g/mol. The molecule has 1 aliphatic carbocycles. The molecule has 1 heterocycles. The van der Waals surface area contributed by atoms with E-state index in [-0.39, 0.29) is 16.4 Å². The maximum absolute atomic E-state index is 5.97. The van der Waals surface area contributed by atoms with E-state index in [1.54, 1.807) is 0 Å². The zero-order valence-electron chi connectivity index (χ0n) is 13.4. The van der Waals surface area contributed by atoms with Gasteiger partial charge in [0, 0.05) is 17.4 Å². The van der Waals surface area contributed by atoms with Crippen molar-refractivity contribution in [2.24, 2.45) is 11.3 Å². The second-order valence-corrected chi connectivity index (χ2v) is 8.04. The molecule has 1 fully saturated rings. The van der Waals surface area contributed by atoms with Crippen molar-refractivity contribution in [2.75, 3.05) is 0 Å². The summed E-state index contributed by atoms with van der Waals surface area (Å²) in [6, 6.07) is 0. The highest BCUT2D eigenvalue weighted by Crippen LogP contribution is 2.51. The summed E-state index contributed by atoms with van der Waals surface area (Å²) in [5.41, 5.74) is -0.0459. The molecule has 1 aliphatic rings. The highest BCUT2D eigenvalue weighted by atomic mass is 35.5. The standard InChI is InChI=1S/C15H26ClN3O/c1-13(2,3)12-17-11(18-20-12)9-10-7-8-15(6,19-16)14(10,4)5/h10,19H,7-9H2,1-6H3/t10-,15-/m0/s1. The van der Waals surface area contributed by atoms with E-state index < -0.39 is 0 Å². The second kappa shape index (κ2) is 4.99. The lowest BCUT2D eigenvalue weighted by Gasteiger charge is -2.40. The van der Waals surface area contributed by atoms with E-state index in [1.807, 2.05) is 0 Å². The van der Waals surface area contributed by atoms with Crippen molar-refractivity contribution in [1.29, 1.82) is 0 Å². The number of nitrogens with zero attached hydrogens (tertiary/aromatic N) is 2. The molecule has 0 radical (unpaired) electrons. The van der Waals surface area contributed by atoms with E-state index in [4.69, 9.17) is 16.3 Å². The van der Waals surface area contributed by atoms with Crippen molar-refractivity contribution in [2.45, 2.75) is 71.8 Å². The molecule has 1 aromatic heterocycles. The molecule has 0 amide bonds. The molecule has 0 aliphatic heterocycles. The molecule has 4 nitrogen and oxygen atoms in total. The lowest BCUT2D eigenvalue weighted by molar-refractivity contribution is 0.148. The van der Waals surface area contributed by atoms with Crippen LogP contribution >= 0.6 is 11.8 Å². The Hall–Kier alpha value is -0.610. The summed E-state index contributed by atoms with van der Waals surface area (Å²) in [7, 11) is 0. The molecule has 114 valence electrons. The SMILES string of the molecule is CC(C)(C)c1nc(C[C@@H]2CC[C@](C)(NCl)C2(C)C)no1. The van der Waals surface area contributed by atoms with Gasteiger partial charge in [-0.3, -0.25) is 0 Å². The predicted molar refractivity (Wildman–Crippen MR) is 80.6 cm³/mol. The fourth-order valence-corrected chi connectivity index (χ4v) is 3.32. The van der Waals surface area contributed by atoms with Crippen LogP contribution in [0, 0.1) is 11.3 Å². The highest BCUT2D eigenvalue weighted by Gasteiger charge is 2.51. The molecule has 1 aromatic rings. The first-order chi connectivity index (χ1) is 9.10. The predicted octanol–water partition coefficient (Wildman–Crippen LogP) is 3.85. The zero-order chi connectivity index (χ0) is 15.2. The van der Waals surface area contributed by atoms with Gasteiger partial charge in [-0.15, -0.1) is 0 Å². The fourth-order valence-electron chi connectivity index (χ4n) is 2.98. The number of halogens is 1. The van der Waals surface area contributed by atoms with Gasteiger partial charge < -0.3 is 4.52 Å². The summed E-state index contributed by atoms with van der Waals surface area (Å²) in [5, 5.41) is 4.15. The molecular formula is C15H26ClN3O. The molecule has 0 unspecified atom stereocenters. The molecule has 2 rings (SSSR count). The van der Waals surface area contributed by atoms with Crippen LogP contribution in [0.15, 0.2) is 4.52 Å². The molecule has 5 heteroatoms. The number of nitrogens with one attached hydrogen (secondary N) is 1. The van der Waals surface area contributed by atoms with Gasteiger partial charge in [-0.1, -0.05) is 39.8 Å². The smallest absolute Gasteiger partial charge is 0.232 e. The number of hydrogen-bond donors (Lipinski definition) is 1. The number of aromatic nitrogens is 2. The second-order valence-electron chi connectivity index (χ2n) is 7.85. The maximum atomic E-state index is 5.97. The zero-order valence-corrected chi connectivity index (χ0v) is 14.1. The topological polar surface area (TPSA) is 51.0 Å². The van der Waals surface area contributed by atoms with Crippen molar-refractivity contribution in [1.82, 2.24) is 15.0 Å². The van der Waals surface area contributed by atoms with E-state index in [1.165, 1.54) is 0 Å². The van der Waals surface area contributed by atoms with E-state index in [2.05, 4.69) is 56.5 Å². The van der Waals surface area contributed by atoms with Crippen LogP contribution in [-0.2, 0) is 11.8 Å². The van der Waals surface area contributed by atoms with Gasteiger partial charge in [-0.25, -0.2) is 4.84 Å². The van der Waals surface area contributed by atoms with Crippen molar-refractivity contribution in [3.05, 3.63) is 11.7 Å². The van der Waals surface area contributed by atoms with Crippen LogP contribution in [0.1, 0.15) is 66.1 Å². The van der Waals surface area contributed by atoms with Crippen molar-refractivity contribution in [3.63, 3.8) is 0 Å². The molecule has 1 saturated carbocycles.